The number of aromatic carboxylic acids is 1. The molecule has 2 aromatic carbocycles. The van der Waals surface area contributed by atoms with E-state index < -0.39 is 16.0 Å². The molecule has 0 radical (unpaired) electrons. The van der Waals surface area contributed by atoms with Crippen LogP contribution in [0.1, 0.15) is 22.3 Å². The number of carbonyl (C=O) groups is 1. The molecule has 0 spiro atoms. The van der Waals surface area contributed by atoms with Crippen molar-refractivity contribution in [1.82, 2.24) is 9.29 Å². The van der Waals surface area contributed by atoms with Crippen molar-refractivity contribution in [3.05, 3.63) is 84.3 Å². The first kappa shape index (κ1) is 21.5. The molecule has 1 heterocycles. The fourth-order valence-corrected chi connectivity index (χ4v) is 4.78. The van der Waals surface area contributed by atoms with E-state index >= 15 is 0 Å². The van der Waals surface area contributed by atoms with Gasteiger partial charge in [0.15, 0.2) is 0 Å². The predicted molar refractivity (Wildman–Crippen MR) is 116 cm³/mol. The number of fused-ring (bicyclic) bond motifs is 1. The zero-order chi connectivity index (χ0) is 21.6. The number of pyridine rings is 1. The zero-order valence-electron chi connectivity index (χ0n) is 16.3. The topological polar surface area (TPSA) is 114 Å². The van der Waals surface area contributed by atoms with Gasteiger partial charge in [0.2, 0.25) is 0 Å². The second-order valence-corrected chi connectivity index (χ2v) is 8.56. The maximum absolute atomic E-state index is 13.4. The molecule has 0 unspecified atom stereocenters. The number of nitrogens with zero attached hydrogens (tertiary/aromatic N) is 2. The van der Waals surface area contributed by atoms with Crippen molar-refractivity contribution in [1.29, 1.82) is 0 Å². The Balaban J connectivity index is 1.84. The van der Waals surface area contributed by atoms with Crippen LogP contribution >= 0.6 is 0 Å². The van der Waals surface area contributed by atoms with Gasteiger partial charge in [-0.2, -0.15) is 0 Å². The number of hydrogen-bond donors (Lipinski definition) is 2. The van der Waals surface area contributed by atoms with Gasteiger partial charge in [-0.15, -0.1) is 0 Å². The van der Waals surface area contributed by atoms with Gasteiger partial charge >= 0.3 is 5.97 Å². The molecule has 156 valence electrons. The van der Waals surface area contributed by atoms with Crippen LogP contribution in [-0.4, -0.2) is 41.9 Å². The van der Waals surface area contributed by atoms with E-state index in [0.717, 1.165) is 10.9 Å². The minimum atomic E-state index is -3.81. The molecule has 0 saturated carbocycles. The van der Waals surface area contributed by atoms with Crippen LogP contribution in [0.2, 0.25) is 0 Å². The fourth-order valence-electron chi connectivity index (χ4n) is 3.20. The summed E-state index contributed by atoms with van der Waals surface area (Å²) in [5.74, 6) is -0.989. The van der Waals surface area contributed by atoms with Crippen LogP contribution < -0.4 is 5.73 Å². The summed E-state index contributed by atoms with van der Waals surface area (Å²) in [5.41, 5.74) is 6.59. The molecule has 3 N–H and O–H groups in total. The van der Waals surface area contributed by atoms with E-state index in [1.807, 2.05) is 12.1 Å². The molecular weight excluding hydrogens is 402 g/mol. The molecule has 3 rings (SSSR count). The lowest BCUT2D eigenvalue weighted by Crippen LogP contribution is -2.28. The number of carboxylic acid groups (broad SMARTS) is 1. The smallest absolute Gasteiger partial charge is 0.335 e. The third-order valence-electron chi connectivity index (χ3n) is 4.65. The minimum Gasteiger partial charge on any atom is -0.478 e. The number of benzene rings is 2. The van der Waals surface area contributed by atoms with Gasteiger partial charge in [0.1, 0.15) is 0 Å². The number of hydrogen-bond acceptors (Lipinski definition) is 5. The lowest BCUT2D eigenvalue weighted by Gasteiger charge is -2.21. The second kappa shape index (κ2) is 9.51. The third-order valence-corrected chi connectivity index (χ3v) is 6.49. The van der Waals surface area contributed by atoms with Crippen molar-refractivity contribution in [2.24, 2.45) is 5.73 Å². The van der Waals surface area contributed by atoms with Crippen LogP contribution in [0.4, 0.5) is 0 Å². The molecule has 0 saturated heterocycles. The van der Waals surface area contributed by atoms with E-state index in [1.54, 1.807) is 48.8 Å². The fraction of sp³-hybridized carbons (Fsp3) is 0.182. The quantitative estimate of drug-likeness (QED) is 0.545. The van der Waals surface area contributed by atoms with E-state index in [2.05, 4.69) is 4.98 Å². The normalized spacial score (nSPS) is 11.8. The van der Waals surface area contributed by atoms with E-state index in [4.69, 9.17) is 10.8 Å². The van der Waals surface area contributed by atoms with Crippen molar-refractivity contribution in [2.75, 3.05) is 13.1 Å². The van der Waals surface area contributed by atoms with Crippen molar-refractivity contribution in [2.45, 2.75) is 17.7 Å². The van der Waals surface area contributed by atoms with Crippen LogP contribution in [0.3, 0.4) is 0 Å². The Morgan fingerprint density at radius 3 is 2.73 bits per heavy atom. The van der Waals surface area contributed by atoms with E-state index in [1.165, 1.54) is 16.6 Å². The predicted octanol–water partition coefficient (Wildman–Crippen LogP) is 3.03. The van der Waals surface area contributed by atoms with Gasteiger partial charge in [0.05, 0.1) is 10.5 Å². The highest BCUT2D eigenvalue weighted by molar-refractivity contribution is 7.89. The van der Waals surface area contributed by atoms with Gasteiger partial charge in [0.25, 0.3) is 10.0 Å². The molecule has 1 aromatic heterocycles. The molecule has 3 aromatic rings. The molecule has 30 heavy (non-hydrogen) atoms. The first-order chi connectivity index (χ1) is 14.4. The number of sulfonamides is 1. The molecule has 0 bridgehead atoms. The summed E-state index contributed by atoms with van der Waals surface area (Å²) in [4.78, 5) is 15.4. The average Bonchev–Trinajstić information content (AvgIpc) is 2.75. The van der Waals surface area contributed by atoms with E-state index in [9.17, 15) is 13.2 Å². The van der Waals surface area contributed by atoms with Crippen LogP contribution in [0.15, 0.2) is 78.1 Å². The van der Waals surface area contributed by atoms with Crippen molar-refractivity contribution in [3.8, 4) is 0 Å². The zero-order valence-corrected chi connectivity index (χ0v) is 17.1. The molecule has 0 amide bonds. The lowest BCUT2D eigenvalue weighted by atomic mass is 10.1. The van der Waals surface area contributed by atoms with Gasteiger partial charge in [0, 0.05) is 42.5 Å². The Kier molecular flexibility index (Phi) is 6.81. The Morgan fingerprint density at radius 1 is 1.17 bits per heavy atom. The Hall–Kier alpha value is -3.23. The van der Waals surface area contributed by atoms with Crippen LogP contribution in [0.25, 0.3) is 10.8 Å². The summed E-state index contributed by atoms with van der Waals surface area (Å²) in [6.45, 7) is 0.448. The number of rotatable bonds is 9. The highest BCUT2D eigenvalue weighted by Crippen LogP contribution is 2.25. The number of nitrogens with two attached hydrogens (primary N) is 1. The maximum atomic E-state index is 13.4. The Bertz CT molecular complexity index is 1170. The summed E-state index contributed by atoms with van der Waals surface area (Å²) in [5, 5.41) is 10.5. The van der Waals surface area contributed by atoms with Crippen LogP contribution in [0, 0.1) is 0 Å². The first-order valence-electron chi connectivity index (χ1n) is 9.47. The largest absolute Gasteiger partial charge is 0.478 e. The molecule has 7 nitrogen and oxygen atoms in total. The first-order valence-corrected chi connectivity index (χ1v) is 10.9. The van der Waals surface area contributed by atoms with Crippen LogP contribution in [0.5, 0.6) is 0 Å². The summed E-state index contributed by atoms with van der Waals surface area (Å²) in [6, 6.07) is 13.4. The van der Waals surface area contributed by atoms with Gasteiger partial charge in [-0.1, -0.05) is 30.3 Å². The molecular formula is C22H23N3O4S. The summed E-state index contributed by atoms with van der Waals surface area (Å²) in [7, 11) is -3.81. The minimum absolute atomic E-state index is 0.206. The molecule has 0 aliphatic rings. The van der Waals surface area contributed by atoms with Crippen molar-refractivity contribution >= 4 is 26.8 Å². The molecule has 0 fully saturated rings. The highest BCUT2D eigenvalue weighted by Gasteiger charge is 2.23. The third kappa shape index (κ3) is 4.84. The SMILES string of the molecule is NCC=CN(CCCc1cccc(C(=O)O)c1)S(=O)(=O)c1cccc2cnccc12. The second-order valence-electron chi connectivity index (χ2n) is 6.70. The van der Waals surface area contributed by atoms with Gasteiger partial charge in [-0.05, 0) is 42.7 Å². The number of aromatic nitrogens is 1. The summed E-state index contributed by atoms with van der Waals surface area (Å²) >= 11 is 0. The molecule has 0 atom stereocenters. The van der Waals surface area contributed by atoms with Gasteiger partial charge in [-0.3, -0.25) is 9.29 Å². The van der Waals surface area contributed by atoms with E-state index in [-0.39, 0.29) is 23.5 Å². The Morgan fingerprint density at radius 2 is 1.97 bits per heavy atom. The maximum Gasteiger partial charge on any atom is 0.335 e. The summed E-state index contributed by atoms with van der Waals surface area (Å²) < 4.78 is 28.0. The standard InChI is InChI=1S/C22H23N3O4S/c23-11-4-14-25(13-3-6-17-5-1-7-18(15-17)22(26)27)30(28,29)21-9-2-8-19-16-24-12-10-20(19)21/h1-2,4-5,7-10,12,14-16H,3,6,11,13,23H2,(H,26,27). The average molecular weight is 426 g/mol. The van der Waals surface area contributed by atoms with Gasteiger partial charge in [-0.25, -0.2) is 13.2 Å². The number of aryl methyl sites for hydroxylation is 1. The highest BCUT2D eigenvalue weighted by atomic mass is 32.2. The van der Waals surface area contributed by atoms with Crippen molar-refractivity contribution in [3.63, 3.8) is 0 Å². The monoisotopic (exact) mass is 425 g/mol. The van der Waals surface area contributed by atoms with Crippen molar-refractivity contribution < 1.29 is 18.3 Å². The lowest BCUT2D eigenvalue weighted by molar-refractivity contribution is 0.0696. The molecule has 0 aliphatic carbocycles. The summed E-state index contributed by atoms with van der Waals surface area (Å²) in [6.07, 6.45) is 7.34. The molecule has 0 aliphatic heterocycles. The molecule has 8 heteroatoms. The van der Waals surface area contributed by atoms with Gasteiger partial charge < -0.3 is 10.8 Å². The Labute approximate surface area is 175 Å². The van der Waals surface area contributed by atoms with Crippen LogP contribution in [-0.2, 0) is 16.4 Å². The van der Waals surface area contributed by atoms with E-state index in [0.29, 0.717) is 18.2 Å². The number of carboxylic acids is 1.